The molecule has 0 heterocycles. The summed E-state index contributed by atoms with van der Waals surface area (Å²) < 4.78 is 5.24. The zero-order valence-corrected chi connectivity index (χ0v) is 6.81. The van der Waals surface area contributed by atoms with Crippen LogP contribution in [-0.2, 0) is 9.53 Å². The molecular formula is C7H15NO2. The maximum atomic E-state index is 10.4. The summed E-state index contributed by atoms with van der Waals surface area (Å²) in [5, 5.41) is 0. The van der Waals surface area contributed by atoms with Gasteiger partial charge in [-0.1, -0.05) is 0 Å². The van der Waals surface area contributed by atoms with Crippen LogP contribution in [-0.4, -0.2) is 18.1 Å². The number of rotatable bonds is 4. The summed E-state index contributed by atoms with van der Waals surface area (Å²) >= 11 is 0. The predicted octanol–water partition coefficient (Wildman–Crippen LogP) is 0.677. The molecule has 0 bridgehead atoms. The zero-order chi connectivity index (χ0) is 8.20. The summed E-state index contributed by atoms with van der Waals surface area (Å²) in [7, 11) is 0. The van der Waals surface area contributed by atoms with Crippen LogP contribution in [0.5, 0.6) is 0 Å². The van der Waals surface area contributed by atoms with Crippen LogP contribution < -0.4 is 5.73 Å². The molecule has 0 aliphatic rings. The van der Waals surface area contributed by atoms with E-state index in [1.165, 1.54) is 0 Å². The van der Waals surface area contributed by atoms with E-state index >= 15 is 0 Å². The minimum atomic E-state index is -0.402. The maximum Gasteiger partial charge on any atom is 0.220 e. The highest BCUT2D eigenvalue weighted by Gasteiger charge is 2.19. The SMILES string of the molecule is CCOC(C)(C)CC(N)=O. The van der Waals surface area contributed by atoms with Gasteiger partial charge >= 0.3 is 0 Å². The smallest absolute Gasteiger partial charge is 0.220 e. The lowest BCUT2D eigenvalue weighted by Gasteiger charge is -2.22. The molecule has 0 aliphatic carbocycles. The Bertz CT molecular complexity index is 121. The second-order valence-corrected chi connectivity index (χ2v) is 2.84. The third-order valence-corrected chi connectivity index (χ3v) is 1.14. The summed E-state index contributed by atoms with van der Waals surface area (Å²) in [6.07, 6.45) is 0.279. The number of hydrogen-bond donors (Lipinski definition) is 1. The van der Waals surface area contributed by atoms with E-state index in [2.05, 4.69) is 0 Å². The Morgan fingerprint density at radius 1 is 1.60 bits per heavy atom. The molecule has 0 rings (SSSR count). The van der Waals surface area contributed by atoms with E-state index in [9.17, 15) is 4.79 Å². The van der Waals surface area contributed by atoms with Gasteiger partial charge in [0.2, 0.25) is 5.91 Å². The number of ether oxygens (including phenoxy) is 1. The zero-order valence-electron chi connectivity index (χ0n) is 6.81. The van der Waals surface area contributed by atoms with E-state index in [0.717, 1.165) is 0 Å². The molecule has 0 saturated heterocycles. The van der Waals surface area contributed by atoms with Crippen molar-refractivity contribution >= 4 is 5.91 Å². The van der Waals surface area contributed by atoms with Crippen molar-refractivity contribution in [2.24, 2.45) is 5.73 Å². The Kier molecular flexibility index (Phi) is 3.36. The molecule has 60 valence electrons. The molecule has 0 aromatic heterocycles. The van der Waals surface area contributed by atoms with Crippen LogP contribution in [0, 0.1) is 0 Å². The third-order valence-electron chi connectivity index (χ3n) is 1.14. The van der Waals surface area contributed by atoms with Crippen molar-refractivity contribution in [3.8, 4) is 0 Å². The number of carbonyl (C=O) groups excluding carboxylic acids is 1. The molecular weight excluding hydrogens is 130 g/mol. The van der Waals surface area contributed by atoms with E-state index in [1.54, 1.807) is 0 Å². The average molecular weight is 145 g/mol. The molecule has 0 unspecified atom stereocenters. The van der Waals surface area contributed by atoms with Gasteiger partial charge in [-0.25, -0.2) is 0 Å². The van der Waals surface area contributed by atoms with Gasteiger partial charge in [0, 0.05) is 6.61 Å². The average Bonchev–Trinajstić information content (AvgIpc) is 1.59. The van der Waals surface area contributed by atoms with Crippen molar-refractivity contribution in [2.45, 2.75) is 32.8 Å². The van der Waals surface area contributed by atoms with E-state index in [4.69, 9.17) is 10.5 Å². The molecule has 0 aromatic carbocycles. The van der Waals surface area contributed by atoms with E-state index in [-0.39, 0.29) is 12.3 Å². The first-order valence-corrected chi connectivity index (χ1v) is 3.40. The molecule has 2 N–H and O–H groups in total. The number of nitrogens with two attached hydrogens (primary N) is 1. The molecule has 1 amide bonds. The van der Waals surface area contributed by atoms with Crippen molar-refractivity contribution in [3.63, 3.8) is 0 Å². The largest absolute Gasteiger partial charge is 0.375 e. The first kappa shape index (κ1) is 9.43. The van der Waals surface area contributed by atoms with Crippen LogP contribution in [0.2, 0.25) is 0 Å². The second kappa shape index (κ2) is 3.56. The molecule has 3 nitrogen and oxygen atoms in total. The van der Waals surface area contributed by atoms with Crippen LogP contribution in [0.4, 0.5) is 0 Å². The molecule has 0 spiro atoms. The molecule has 0 fully saturated rings. The van der Waals surface area contributed by atoms with Crippen molar-refractivity contribution in [1.82, 2.24) is 0 Å². The van der Waals surface area contributed by atoms with Gasteiger partial charge < -0.3 is 10.5 Å². The molecule has 3 heteroatoms. The lowest BCUT2D eigenvalue weighted by molar-refractivity contribution is -0.124. The van der Waals surface area contributed by atoms with Gasteiger partial charge in [0.1, 0.15) is 0 Å². The Balaban J connectivity index is 3.74. The number of amides is 1. The Morgan fingerprint density at radius 3 is 2.40 bits per heavy atom. The Labute approximate surface area is 61.5 Å². The summed E-state index contributed by atoms with van der Waals surface area (Å²) in [6, 6.07) is 0. The van der Waals surface area contributed by atoms with Gasteiger partial charge in [0.15, 0.2) is 0 Å². The predicted molar refractivity (Wildman–Crippen MR) is 39.5 cm³/mol. The van der Waals surface area contributed by atoms with Gasteiger partial charge in [0.25, 0.3) is 0 Å². The van der Waals surface area contributed by atoms with Crippen LogP contribution in [0.15, 0.2) is 0 Å². The minimum absolute atomic E-state index is 0.279. The number of hydrogen-bond acceptors (Lipinski definition) is 2. The minimum Gasteiger partial charge on any atom is -0.375 e. The molecule has 0 aromatic rings. The first-order chi connectivity index (χ1) is 4.48. The van der Waals surface area contributed by atoms with Crippen molar-refractivity contribution < 1.29 is 9.53 Å². The normalized spacial score (nSPS) is 11.5. The molecule has 0 radical (unpaired) electrons. The van der Waals surface area contributed by atoms with Crippen molar-refractivity contribution in [3.05, 3.63) is 0 Å². The van der Waals surface area contributed by atoms with Crippen LogP contribution in [0.25, 0.3) is 0 Å². The highest BCUT2D eigenvalue weighted by Crippen LogP contribution is 2.12. The number of primary amides is 1. The summed E-state index contributed by atoms with van der Waals surface area (Å²) in [6.45, 7) is 6.20. The fourth-order valence-corrected chi connectivity index (χ4v) is 0.861. The summed E-state index contributed by atoms with van der Waals surface area (Å²) in [5.74, 6) is -0.321. The maximum absolute atomic E-state index is 10.4. The van der Waals surface area contributed by atoms with Crippen molar-refractivity contribution in [1.29, 1.82) is 0 Å². The molecule has 10 heavy (non-hydrogen) atoms. The second-order valence-electron chi connectivity index (χ2n) is 2.84. The highest BCUT2D eigenvalue weighted by atomic mass is 16.5. The Hall–Kier alpha value is -0.570. The molecule has 0 saturated carbocycles. The monoisotopic (exact) mass is 145 g/mol. The molecule has 0 aliphatic heterocycles. The van der Waals surface area contributed by atoms with Crippen LogP contribution in [0.3, 0.4) is 0 Å². The van der Waals surface area contributed by atoms with E-state index in [0.29, 0.717) is 6.61 Å². The van der Waals surface area contributed by atoms with Gasteiger partial charge in [-0.3, -0.25) is 4.79 Å². The van der Waals surface area contributed by atoms with Crippen molar-refractivity contribution in [2.75, 3.05) is 6.61 Å². The van der Waals surface area contributed by atoms with Crippen LogP contribution in [0.1, 0.15) is 27.2 Å². The first-order valence-electron chi connectivity index (χ1n) is 3.40. The summed E-state index contributed by atoms with van der Waals surface area (Å²) in [5.41, 5.74) is 4.59. The third kappa shape index (κ3) is 4.32. The van der Waals surface area contributed by atoms with Gasteiger partial charge in [-0.15, -0.1) is 0 Å². The Morgan fingerprint density at radius 2 is 2.10 bits per heavy atom. The fourth-order valence-electron chi connectivity index (χ4n) is 0.861. The molecule has 0 atom stereocenters. The topological polar surface area (TPSA) is 52.3 Å². The van der Waals surface area contributed by atoms with Crippen LogP contribution >= 0.6 is 0 Å². The number of carbonyl (C=O) groups is 1. The highest BCUT2D eigenvalue weighted by molar-refractivity contribution is 5.74. The lowest BCUT2D eigenvalue weighted by atomic mass is 10.1. The fraction of sp³-hybridized carbons (Fsp3) is 0.857. The standard InChI is InChI=1S/C7H15NO2/c1-4-10-7(2,3)5-6(8)9/h4-5H2,1-3H3,(H2,8,9). The van der Waals surface area contributed by atoms with E-state index in [1.807, 2.05) is 20.8 Å². The van der Waals surface area contributed by atoms with Gasteiger partial charge in [-0.2, -0.15) is 0 Å². The van der Waals surface area contributed by atoms with E-state index < -0.39 is 5.60 Å². The summed E-state index contributed by atoms with van der Waals surface area (Å²) in [4.78, 5) is 10.4. The quantitative estimate of drug-likeness (QED) is 0.632. The van der Waals surface area contributed by atoms with Gasteiger partial charge in [-0.05, 0) is 20.8 Å². The lowest BCUT2D eigenvalue weighted by Crippen LogP contribution is -2.31. The van der Waals surface area contributed by atoms with Gasteiger partial charge in [0.05, 0.1) is 12.0 Å².